The average molecular weight is 308 g/mol. The molecule has 1 amide bonds. The molecule has 0 aliphatic carbocycles. The number of nitriles is 1. The molecule has 0 fully saturated rings. The van der Waals surface area contributed by atoms with Gasteiger partial charge in [-0.1, -0.05) is 24.3 Å². The number of ether oxygens (including phenoxy) is 1. The van der Waals surface area contributed by atoms with Gasteiger partial charge in [-0.2, -0.15) is 10.4 Å². The summed E-state index contributed by atoms with van der Waals surface area (Å²) in [5.74, 6) is 0.391. The maximum Gasteiger partial charge on any atom is 0.259 e. The van der Waals surface area contributed by atoms with Gasteiger partial charge in [-0.05, 0) is 29.8 Å². The van der Waals surface area contributed by atoms with E-state index in [4.69, 9.17) is 10.00 Å². The molecule has 6 heteroatoms. The average Bonchev–Trinajstić information content (AvgIpc) is 2.60. The van der Waals surface area contributed by atoms with Crippen molar-refractivity contribution in [2.75, 3.05) is 19.0 Å². The van der Waals surface area contributed by atoms with Crippen molar-refractivity contribution in [3.8, 4) is 11.8 Å². The van der Waals surface area contributed by atoms with E-state index in [1.807, 2.05) is 30.3 Å². The number of methoxy groups -OCH3 is 1. The summed E-state index contributed by atoms with van der Waals surface area (Å²) >= 11 is 0. The number of nitrogens with one attached hydrogen (secondary N) is 2. The number of amides is 1. The van der Waals surface area contributed by atoms with Crippen LogP contribution < -0.4 is 15.5 Å². The van der Waals surface area contributed by atoms with E-state index in [1.165, 1.54) is 6.21 Å². The Morgan fingerprint density at radius 1 is 1.26 bits per heavy atom. The number of para-hydroxylation sites is 2. The molecule has 2 aromatic carbocycles. The fourth-order valence-electron chi connectivity index (χ4n) is 1.83. The third-order valence-corrected chi connectivity index (χ3v) is 2.99. The molecule has 2 rings (SSSR count). The number of hydrogen-bond acceptors (Lipinski definition) is 5. The van der Waals surface area contributed by atoms with Crippen molar-refractivity contribution in [2.45, 2.75) is 0 Å². The molecule has 0 unspecified atom stereocenters. The molecule has 0 spiro atoms. The highest BCUT2D eigenvalue weighted by Gasteiger charge is 2.03. The summed E-state index contributed by atoms with van der Waals surface area (Å²) in [6.45, 7) is 0.0745. The number of anilines is 1. The van der Waals surface area contributed by atoms with Crippen LogP contribution in [0.15, 0.2) is 53.6 Å². The Morgan fingerprint density at radius 3 is 2.70 bits per heavy atom. The summed E-state index contributed by atoms with van der Waals surface area (Å²) in [4.78, 5) is 11.7. The molecule has 0 bridgehead atoms. The summed E-state index contributed by atoms with van der Waals surface area (Å²) in [6, 6.07) is 16.3. The Morgan fingerprint density at radius 2 is 2.00 bits per heavy atom. The van der Waals surface area contributed by atoms with Crippen LogP contribution in [0.4, 0.5) is 5.69 Å². The molecule has 0 aliphatic heterocycles. The van der Waals surface area contributed by atoms with Gasteiger partial charge in [-0.15, -0.1) is 0 Å². The molecule has 6 nitrogen and oxygen atoms in total. The monoisotopic (exact) mass is 308 g/mol. The zero-order chi connectivity index (χ0) is 16.5. The van der Waals surface area contributed by atoms with E-state index in [0.717, 1.165) is 11.3 Å². The van der Waals surface area contributed by atoms with Gasteiger partial charge in [-0.3, -0.25) is 4.79 Å². The third kappa shape index (κ3) is 4.86. The normalized spacial score (nSPS) is 10.1. The number of carbonyl (C=O) groups is 1. The first-order chi connectivity index (χ1) is 11.2. The van der Waals surface area contributed by atoms with Gasteiger partial charge in [-0.25, -0.2) is 5.43 Å². The molecule has 0 radical (unpaired) electrons. The number of rotatable bonds is 6. The van der Waals surface area contributed by atoms with E-state index in [-0.39, 0.29) is 12.5 Å². The summed E-state index contributed by atoms with van der Waals surface area (Å²) < 4.78 is 5.19. The highest BCUT2D eigenvalue weighted by Crippen LogP contribution is 2.22. The van der Waals surface area contributed by atoms with Crippen LogP contribution in [0.5, 0.6) is 5.75 Å². The van der Waals surface area contributed by atoms with Gasteiger partial charge < -0.3 is 10.1 Å². The molecule has 0 saturated heterocycles. The summed E-state index contributed by atoms with van der Waals surface area (Å²) in [6.07, 6.45) is 1.52. The summed E-state index contributed by atoms with van der Waals surface area (Å²) in [5.41, 5.74) is 4.54. The zero-order valence-electron chi connectivity index (χ0n) is 12.6. The van der Waals surface area contributed by atoms with Crippen LogP contribution in [-0.2, 0) is 4.79 Å². The Hall–Kier alpha value is -3.33. The lowest BCUT2D eigenvalue weighted by atomic mass is 10.2. The zero-order valence-corrected chi connectivity index (χ0v) is 12.6. The van der Waals surface area contributed by atoms with E-state index in [9.17, 15) is 4.79 Å². The Labute approximate surface area is 134 Å². The highest BCUT2D eigenvalue weighted by atomic mass is 16.5. The second-order valence-electron chi connectivity index (χ2n) is 4.58. The fourth-order valence-corrected chi connectivity index (χ4v) is 1.83. The minimum atomic E-state index is -0.277. The highest BCUT2D eigenvalue weighted by molar-refractivity contribution is 5.84. The fraction of sp³-hybridized carbons (Fsp3) is 0.118. The summed E-state index contributed by atoms with van der Waals surface area (Å²) in [7, 11) is 1.57. The lowest BCUT2D eigenvalue weighted by Gasteiger charge is -2.09. The standard InChI is InChI=1S/C17H16N4O2/c1-23-16-5-3-2-4-15(16)19-12-17(22)21-20-11-14-8-6-13(10-18)7-9-14/h2-9,11,19H,12H2,1H3,(H,21,22)/b20-11-. The van der Waals surface area contributed by atoms with Crippen LogP contribution in [0, 0.1) is 11.3 Å². The lowest BCUT2D eigenvalue weighted by molar-refractivity contribution is -0.119. The van der Waals surface area contributed by atoms with E-state index < -0.39 is 0 Å². The predicted octanol–water partition coefficient (Wildman–Crippen LogP) is 2.13. The van der Waals surface area contributed by atoms with Crippen molar-refractivity contribution < 1.29 is 9.53 Å². The first kappa shape index (κ1) is 16.0. The molecule has 116 valence electrons. The second-order valence-corrected chi connectivity index (χ2v) is 4.58. The number of hydrazone groups is 1. The molecule has 2 N–H and O–H groups in total. The molecule has 0 aliphatic rings. The Kier molecular flexibility index (Phi) is 5.72. The molecule has 0 atom stereocenters. The van der Waals surface area contributed by atoms with Crippen molar-refractivity contribution in [3.63, 3.8) is 0 Å². The quantitative estimate of drug-likeness (QED) is 0.632. The lowest BCUT2D eigenvalue weighted by Crippen LogP contribution is -2.26. The Balaban J connectivity index is 1.82. The van der Waals surface area contributed by atoms with E-state index in [1.54, 1.807) is 31.4 Å². The van der Waals surface area contributed by atoms with Crippen molar-refractivity contribution in [1.82, 2.24) is 5.43 Å². The topological polar surface area (TPSA) is 86.5 Å². The molecule has 0 heterocycles. The van der Waals surface area contributed by atoms with Gasteiger partial charge in [0.2, 0.25) is 0 Å². The maximum absolute atomic E-state index is 11.7. The number of benzene rings is 2. The van der Waals surface area contributed by atoms with Gasteiger partial charge >= 0.3 is 0 Å². The van der Waals surface area contributed by atoms with Crippen LogP contribution in [0.2, 0.25) is 0 Å². The minimum Gasteiger partial charge on any atom is -0.495 e. The van der Waals surface area contributed by atoms with Crippen LogP contribution in [0.25, 0.3) is 0 Å². The first-order valence-corrected chi connectivity index (χ1v) is 6.92. The molecular formula is C17H16N4O2. The maximum atomic E-state index is 11.7. The number of hydrogen-bond donors (Lipinski definition) is 2. The van der Waals surface area contributed by atoms with E-state index in [0.29, 0.717) is 11.3 Å². The molecule has 2 aromatic rings. The van der Waals surface area contributed by atoms with Crippen LogP contribution in [-0.4, -0.2) is 25.8 Å². The number of carbonyl (C=O) groups excluding carboxylic acids is 1. The van der Waals surface area contributed by atoms with Crippen molar-refractivity contribution in [2.24, 2.45) is 5.10 Å². The van der Waals surface area contributed by atoms with Crippen molar-refractivity contribution >= 4 is 17.8 Å². The molecule has 0 saturated carbocycles. The van der Waals surface area contributed by atoms with Gasteiger partial charge in [0.1, 0.15) is 5.75 Å². The Bertz CT molecular complexity index is 733. The minimum absolute atomic E-state index is 0.0745. The van der Waals surface area contributed by atoms with E-state index in [2.05, 4.69) is 15.8 Å². The SMILES string of the molecule is COc1ccccc1NCC(=O)N/N=C\c1ccc(C#N)cc1. The first-order valence-electron chi connectivity index (χ1n) is 6.92. The smallest absolute Gasteiger partial charge is 0.259 e. The van der Waals surface area contributed by atoms with Crippen molar-refractivity contribution in [3.05, 3.63) is 59.7 Å². The molecule has 0 aromatic heterocycles. The van der Waals surface area contributed by atoms with Crippen LogP contribution in [0.3, 0.4) is 0 Å². The molecule has 23 heavy (non-hydrogen) atoms. The van der Waals surface area contributed by atoms with E-state index >= 15 is 0 Å². The third-order valence-electron chi connectivity index (χ3n) is 2.99. The van der Waals surface area contributed by atoms with Crippen LogP contribution in [0.1, 0.15) is 11.1 Å². The molecular weight excluding hydrogens is 292 g/mol. The number of nitrogens with zero attached hydrogens (tertiary/aromatic N) is 2. The predicted molar refractivity (Wildman–Crippen MR) is 88.4 cm³/mol. The van der Waals surface area contributed by atoms with Crippen molar-refractivity contribution in [1.29, 1.82) is 5.26 Å². The van der Waals surface area contributed by atoms with Gasteiger partial charge in [0.25, 0.3) is 5.91 Å². The van der Waals surface area contributed by atoms with Gasteiger partial charge in [0.15, 0.2) is 0 Å². The van der Waals surface area contributed by atoms with Gasteiger partial charge in [0.05, 0.1) is 37.2 Å². The van der Waals surface area contributed by atoms with Gasteiger partial charge in [0, 0.05) is 0 Å². The summed E-state index contributed by atoms with van der Waals surface area (Å²) in [5, 5.41) is 15.6. The van der Waals surface area contributed by atoms with Crippen LogP contribution >= 0.6 is 0 Å². The largest absolute Gasteiger partial charge is 0.495 e. The second kappa shape index (κ2) is 8.20.